The standard InChI is InChI=1S/C7H9NS.K/c1-5-2-3-6(8)7(9)4-5;/h2-4,9H,8H2,1H3;. The predicted octanol–water partition coefficient (Wildman–Crippen LogP) is 1.49. The Labute approximate surface area is 109 Å². The molecule has 0 aliphatic rings. The number of anilines is 1. The first-order valence-electron chi connectivity index (χ1n) is 2.75. The van der Waals surface area contributed by atoms with Gasteiger partial charge in [0.2, 0.25) is 0 Å². The van der Waals surface area contributed by atoms with Crippen LogP contribution in [0, 0.1) is 6.92 Å². The molecule has 1 rings (SSSR count). The van der Waals surface area contributed by atoms with Gasteiger partial charge in [0.05, 0.1) is 0 Å². The Kier molecular flexibility index (Phi) is 5.28. The van der Waals surface area contributed by atoms with Crippen molar-refractivity contribution >= 4 is 69.7 Å². The van der Waals surface area contributed by atoms with Crippen molar-refractivity contribution in [2.75, 3.05) is 5.73 Å². The van der Waals surface area contributed by atoms with Crippen LogP contribution in [0.1, 0.15) is 5.56 Å². The monoisotopic (exact) mass is 178 g/mol. The number of rotatable bonds is 0. The van der Waals surface area contributed by atoms with Crippen molar-refractivity contribution in [1.82, 2.24) is 0 Å². The Morgan fingerprint density at radius 1 is 1.40 bits per heavy atom. The third-order valence-corrected chi connectivity index (χ3v) is 1.57. The van der Waals surface area contributed by atoms with Crippen LogP contribution in [-0.2, 0) is 0 Å². The Bertz CT molecular complexity index is 225. The third kappa shape index (κ3) is 2.94. The van der Waals surface area contributed by atoms with Gasteiger partial charge in [-0.1, -0.05) is 6.07 Å². The smallest absolute Gasteiger partial charge is 0.0449 e. The fraction of sp³-hybridized carbons (Fsp3) is 0.143. The van der Waals surface area contributed by atoms with Crippen molar-refractivity contribution in [3.8, 4) is 0 Å². The summed E-state index contributed by atoms with van der Waals surface area (Å²) in [6.07, 6.45) is 0. The Balaban J connectivity index is 0.000000810. The molecule has 0 aromatic heterocycles. The second-order valence-electron chi connectivity index (χ2n) is 2.06. The first kappa shape index (κ1) is 11.0. The van der Waals surface area contributed by atoms with Gasteiger partial charge in [0.1, 0.15) is 0 Å². The van der Waals surface area contributed by atoms with Gasteiger partial charge >= 0.3 is 0 Å². The maximum atomic E-state index is 5.51. The molecule has 0 fully saturated rings. The second-order valence-corrected chi connectivity index (χ2v) is 2.54. The first-order valence-corrected chi connectivity index (χ1v) is 3.20. The molecule has 1 aromatic rings. The fourth-order valence-corrected chi connectivity index (χ4v) is 0.932. The maximum Gasteiger partial charge on any atom is 0.0449 e. The molecule has 1 aromatic carbocycles. The normalized spacial score (nSPS) is 8.60. The quantitative estimate of drug-likeness (QED) is 0.351. The molecule has 3 heteroatoms. The Hall–Kier alpha value is 1.01. The summed E-state index contributed by atoms with van der Waals surface area (Å²) in [4.78, 5) is 0.856. The van der Waals surface area contributed by atoms with Gasteiger partial charge < -0.3 is 5.73 Å². The molecule has 0 atom stereocenters. The zero-order valence-electron chi connectivity index (χ0n) is 6.26. The number of thiol groups is 1. The first-order chi connectivity index (χ1) is 4.20. The van der Waals surface area contributed by atoms with Crippen LogP contribution >= 0.6 is 12.6 Å². The summed E-state index contributed by atoms with van der Waals surface area (Å²) < 4.78 is 0. The minimum atomic E-state index is 0. The molecule has 0 heterocycles. The molecular formula is C7H9KNS. The number of nitrogen functional groups attached to an aromatic ring is 1. The zero-order chi connectivity index (χ0) is 6.85. The summed E-state index contributed by atoms with van der Waals surface area (Å²) in [6, 6.07) is 5.77. The van der Waals surface area contributed by atoms with Gasteiger partial charge in [-0.2, -0.15) is 0 Å². The van der Waals surface area contributed by atoms with E-state index in [1.807, 2.05) is 25.1 Å². The SMILES string of the molecule is Cc1ccc(N)c(S)c1.[K]. The average molecular weight is 178 g/mol. The van der Waals surface area contributed by atoms with Crippen LogP contribution in [0.25, 0.3) is 0 Å². The summed E-state index contributed by atoms with van der Waals surface area (Å²) in [6.45, 7) is 2.01. The molecular weight excluding hydrogens is 169 g/mol. The number of benzene rings is 1. The number of aryl methyl sites for hydroxylation is 1. The largest absolute Gasteiger partial charge is 0.398 e. The van der Waals surface area contributed by atoms with Crippen LogP contribution in [0.15, 0.2) is 23.1 Å². The minimum absolute atomic E-state index is 0. The van der Waals surface area contributed by atoms with E-state index in [9.17, 15) is 0 Å². The van der Waals surface area contributed by atoms with E-state index < -0.39 is 0 Å². The van der Waals surface area contributed by atoms with E-state index in [0.29, 0.717) is 0 Å². The Morgan fingerprint density at radius 3 is 2.40 bits per heavy atom. The number of hydrogen-bond acceptors (Lipinski definition) is 2. The summed E-state index contributed by atoms with van der Waals surface area (Å²) in [5.41, 5.74) is 7.44. The molecule has 0 bridgehead atoms. The molecule has 49 valence electrons. The van der Waals surface area contributed by atoms with Crippen LogP contribution in [-0.4, -0.2) is 51.4 Å². The van der Waals surface area contributed by atoms with Gasteiger partial charge in [-0.15, -0.1) is 12.6 Å². The molecule has 0 saturated heterocycles. The molecule has 0 spiro atoms. The second kappa shape index (κ2) is 4.80. The van der Waals surface area contributed by atoms with Gasteiger partial charge in [0.25, 0.3) is 0 Å². The number of nitrogens with two attached hydrogens (primary N) is 1. The van der Waals surface area contributed by atoms with Gasteiger partial charge in [-0.05, 0) is 24.6 Å². The molecule has 0 unspecified atom stereocenters. The average Bonchev–Trinajstić information content (AvgIpc) is 1.80. The van der Waals surface area contributed by atoms with E-state index in [1.54, 1.807) is 0 Å². The van der Waals surface area contributed by atoms with Gasteiger partial charge in [0.15, 0.2) is 0 Å². The zero-order valence-corrected chi connectivity index (χ0v) is 10.3. The van der Waals surface area contributed by atoms with Crippen molar-refractivity contribution in [3.63, 3.8) is 0 Å². The van der Waals surface area contributed by atoms with Crippen LogP contribution in [0.2, 0.25) is 0 Å². The molecule has 1 nitrogen and oxygen atoms in total. The van der Waals surface area contributed by atoms with E-state index in [2.05, 4.69) is 12.6 Å². The van der Waals surface area contributed by atoms with Gasteiger partial charge in [-0.3, -0.25) is 0 Å². The van der Waals surface area contributed by atoms with E-state index >= 15 is 0 Å². The molecule has 0 saturated carbocycles. The van der Waals surface area contributed by atoms with Crippen LogP contribution in [0.5, 0.6) is 0 Å². The predicted molar refractivity (Wildman–Crippen MR) is 48.6 cm³/mol. The fourth-order valence-electron chi connectivity index (χ4n) is 0.654. The molecule has 0 amide bonds. The summed E-state index contributed by atoms with van der Waals surface area (Å²) in [7, 11) is 0. The topological polar surface area (TPSA) is 26.0 Å². The summed E-state index contributed by atoms with van der Waals surface area (Å²) in [5, 5.41) is 0. The van der Waals surface area contributed by atoms with E-state index in [-0.39, 0.29) is 51.4 Å². The maximum absolute atomic E-state index is 5.51. The van der Waals surface area contributed by atoms with Crippen molar-refractivity contribution in [1.29, 1.82) is 0 Å². The van der Waals surface area contributed by atoms with Crippen LogP contribution in [0.4, 0.5) is 5.69 Å². The Morgan fingerprint density at radius 2 is 2.00 bits per heavy atom. The number of hydrogen-bond donors (Lipinski definition) is 2. The van der Waals surface area contributed by atoms with Crippen molar-refractivity contribution in [3.05, 3.63) is 23.8 Å². The molecule has 1 radical (unpaired) electrons. The molecule has 10 heavy (non-hydrogen) atoms. The summed E-state index contributed by atoms with van der Waals surface area (Å²) in [5.74, 6) is 0. The minimum Gasteiger partial charge on any atom is -0.398 e. The van der Waals surface area contributed by atoms with Crippen molar-refractivity contribution in [2.24, 2.45) is 0 Å². The van der Waals surface area contributed by atoms with E-state index in [4.69, 9.17) is 5.73 Å². The molecule has 0 aliphatic heterocycles. The van der Waals surface area contributed by atoms with Gasteiger partial charge in [-0.25, -0.2) is 0 Å². The van der Waals surface area contributed by atoms with Crippen LogP contribution < -0.4 is 5.73 Å². The molecule has 2 N–H and O–H groups in total. The van der Waals surface area contributed by atoms with E-state index in [1.165, 1.54) is 5.56 Å². The summed E-state index contributed by atoms with van der Waals surface area (Å²) >= 11 is 4.14. The van der Waals surface area contributed by atoms with Crippen LogP contribution in [0.3, 0.4) is 0 Å². The van der Waals surface area contributed by atoms with Gasteiger partial charge in [0, 0.05) is 62.0 Å². The van der Waals surface area contributed by atoms with E-state index in [0.717, 1.165) is 10.6 Å². The third-order valence-electron chi connectivity index (χ3n) is 1.19. The molecule has 0 aliphatic carbocycles. The van der Waals surface area contributed by atoms with Crippen molar-refractivity contribution < 1.29 is 0 Å². The van der Waals surface area contributed by atoms with Crippen molar-refractivity contribution in [2.45, 2.75) is 11.8 Å².